The van der Waals surface area contributed by atoms with Gasteiger partial charge in [0, 0.05) is 18.7 Å². The highest BCUT2D eigenvalue weighted by molar-refractivity contribution is 7.50. The molecule has 0 N–H and O–H groups in total. The Morgan fingerprint density at radius 1 is 1.38 bits per heavy atom. The first-order chi connectivity index (χ1) is 7.90. The van der Waals surface area contributed by atoms with E-state index in [1.54, 1.807) is 0 Å². The maximum atomic E-state index is 6.25. The quantitative estimate of drug-likeness (QED) is 0.727. The lowest BCUT2D eigenvalue weighted by Crippen LogP contribution is -2.22. The summed E-state index contributed by atoms with van der Waals surface area (Å²) in [6, 6.07) is 11.4. The standard InChI is InChI=1S/C13H18NOP/c1-2-16-14-10-6-9-12(14)13(15-16)11-7-4-3-5-8-11/h3-5,7-8,12-13H,2,6,9-10H2,1H3. The summed E-state index contributed by atoms with van der Waals surface area (Å²) in [6.07, 6.45) is 4.14. The fourth-order valence-corrected chi connectivity index (χ4v) is 4.90. The van der Waals surface area contributed by atoms with Gasteiger partial charge >= 0.3 is 0 Å². The van der Waals surface area contributed by atoms with Crippen molar-refractivity contribution in [2.24, 2.45) is 0 Å². The fraction of sp³-hybridized carbons (Fsp3) is 0.538. The molecule has 86 valence electrons. The zero-order valence-corrected chi connectivity index (χ0v) is 10.6. The van der Waals surface area contributed by atoms with Crippen molar-refractivity contribution in [3.05, 3.63) is 35.9 Å². The number of nitrogens with zero attached hydrogens (tertiary/aromatic N) is 1. The second-order valence-electron chi connectivity index (χ2n) is 4.48. The Morgan fingerprint density at radius 2 is 2.19 bits per heavy atom. The molecule has 2 fully saturated rings. The monoisotopic (exact) mass is 235 g/mol. The second kappa shape index (κ2) is 4.44. The summed E-state index contributed by atoms with van der Waals surface area (Å²) in [5.41, 5.74) is 1.36. The first-order valence-electron chi connectivity index (χ1n) is 6.16. The Morgan fingerprint density at radius 3 is 2.94 bits per heavy atom. The smallest absolute Gasteiger partial charge is 0.105 e. The Hall–Kier alpha value is -0.430. The summed E-state index contributed by atoms with van der Waals surface area (Å²) in [5.74, 6) is 0. The van der Waals surface area contributed by atoms with E-state index in [2.05, 4.69) is 41.9 Å². The van der Waals surface area contributed by atoms with Gasteiger partial charge < -0.3 is 4.52 Å². The van der Waals surface area contributed by atoms with Gasteiger partial charge in [0.25, 0.3) is 0 Å². The molecule has 3 heteroatoms. The summed E-state index contributed by atoms with van der Waals surface area (Å²) < 4.78 is 8.87. The van der Waals surface area contributed by atoms with Gasteiger partial charge in [0.05, 0.1) is 0 Å². The van der Waals surface area contributed by atoms with E-state index in [1.807, 2.05) is 0 Å². The van der Waals surface area contributed by atoms with Gasteiger partial charge in [-0.05, 0) is 18.4 Å². The maximum Gasteiger partial charge on any atom is 0.105 e. The van der Waals surface area contributed by atoms with Gasteiger partial charge in [0.15, 0.2) is 0 Å². The molecule has 0 spiro atoms. The zero-order chi connectivity index (χ0) is 11.0. The zero-order valence-electron chi connectivity index (χ0n) is 9.67. The molecule has 2 aliphatic rings. The van der Waals surface area contributed by atoms with Crippen molar-refractivity contribution in [1.29, 1.82) is 0 Å². The molecule has 16 heavy (non-hydrogen) atoms. The summed E-state index contributed by atoms with van der Waals surface area (Å²) in [5, 5.41) is 0. The molecule has 2 aliphatic heterocycles. The van der Waals surface area contributed by atoms with E-state index in [1.165, 1.54) is 24.9 Å². The van der Waals surface area contributed by atoms with Gasteiger partial charge in [-0.1, -0.05) is 37.3 Å². The SMILES string of the molecule is CCP1OC(c2ccccc2)C2CCCN21. The number of hydrogen-bond acceptors (Lipinski definition) is 2. The summed E-state index contributed by atoms with van der Waals surface area (Å²) in [4.78, 5) is 0. The number of benzene rings is 1. The molecule has 3 unspecified atom stereocenters. The predicted molar refractivity (Wildman–Crippen MR) is 67.5 cm³/mol. The third kappa shape index (κ3) is 1.69. The third-order valence-electron chi connectivity index (χ3n) is 3.54. The van der Waals surface area contributed by atoms with Crippen LogP contribution >= 0.6 is 8.30 Å². The van der Waals surface area contributed by atoms with E-state index in [0.717, 1.165) is 6.16 Å². The summed E-state index contributed by atoms with van der Waals surface area (Å²) in [7, 11) is -0.313. The highest BCUT2D eigenvalue weighted by Gasteiger charge is 2.44. The number of hydrogen-bond donors (Lipinski definition) is 0. The molecule has 3 atom stereocenters. The Labute approximate surface area is 98.5 Å². The van der Waals surface area contributed by atoms with Crippen molar-refractivity contribution in [2.45, 2.75) is 31.9 Å². The molecule has 0 radical (unpaired) electrons. The normalized spacial score (nSPS) is 34.2. The minimum absolute atomic E-state index is 0.313. The van der Waals surface area contributed by atoms with Crippen molar-refractivity contribution in [1.82, 2.24) is 4.67 Å². The molecule has 0 aliphatic carbocycles. The van der Waals surface area contributed by atoms with Gasteiger partial charge in [0.1, 0.15) is 14.4 Å². The van der Waals surface area contributed by atoms with Crippen molar-refractivity contribution < 1.29 is 4.52 Å². The van der Waals surface area contributed by atoms with Crippen LogP contribution in [-0.2, 0) is 4.52 Å². The van der Waals surface area contributed by atoms with Gasteiger partial charge in [0.2, 0.25) is 0 Å². The van der Waals surface area contributed by atoms with E-state index >= 15 is 0 Å². The van der Waals surface area contributed by atoms with Crippen LogP contribution in [0.4, 0.5) is 0 Å². The van der Waals surface area contributed by atoms with Crippen LogP contribution in [0.1, 0.15) is 31.4 Å². The molecule has 0 amide bonds. The van der Waals surface area contributed by atoms with E-state index < -0.39 is 0 Å². The third-order valence-corrected chi connectivity index (χ3v) is 5.62. The van der Waals surface area contributed by atoms with Gasteiger partial charge in [-0.2, -0.15) is 0 Å². The average Bonchev–Trinajstić information content (AvgIpc) is 2.91. The average molecular weight is 235 g/mol. The largest absolute Gasteiger partial charge is 0.334 e. The molecular weight excluding hydrogens is 217 g/mol. The van der Waals surface area contributed by atoms with Crippen LogP contribution in [0.2, 0.25) is 0 Å². The fourth-order valence-electron chi connectivity index (χ4n) is 2.81. The Balaban J connectivity index is 1.87. The van der Waals surface area contributed by atoms with E-state index in [-0.39, 0.29) is 8.30 Å². The molecule has 0 bridgehead atoms. The van der Waals surface area contributed by atoms with Crippen LogP contribution in [0.25, 0.3) is 0 Å². The second-order valence-corrected chi connectivity index (χ2v) is 6.54. The van der Waals surface area contributed by atoms with Crippen LogP contribution in [0.5, 0.6) is 0 Å². The minimum Gasteiger partial charge on any atom is -0.334 e. The topological polar surface area (TPSA) is 12.5 Å². The summed E-state index contributed by atoms with van der Waals surface area (Å²) in [6.45, 7) is 3.49. The Bertz CT molecular complexity index is 356. The number of fused-ring (bicyclic) bond motifs is 1. The molecule has 2 nitrogen and oxygen atoms in total. The van der Waals surface area contributed by atoms with Crippen LogP contribution in [0, 0.1) is 0 Å². The van der Waals surface area contributed by atoms with Crippen LogP contribution in [0.3, 0.4) is 0 Å². The van der Waals surface area contributed by atoms with Crippen LogP contribution < -0.4 is 0 Å². The molecule has 0 aromatic heterocycles. The molecule has 1 aromatic carbocycles. The van der Waals surface area contributed by atoms with E-state index in [4.69, 9.17) is 4.52 Å². The lowest BCUT2D eigenvalue weighted by Gasteiger charge is -2.19. The highest BCUT2D eigenvalue weighted by atomic mass is 31.2. The molecular formula is C13H18NOP. The van der Waals surface area contributed by atoms with E-state index in [9.17, 15) is 0 Å². The molecule has 0 saturated carbocycles. The van der Waals surface area contributed by atoms with Crippen LogP contribution in [0.15, 0.2) is 30.3 Å². The van der Waals surface area contributed by atoms with Gasteiger partial charge in [-0.3, -0.25) is 4.67 Å². The molecule has 2 saturated heterocycles. The van der Waals surface area contributed by atoms with Gasteiger partial charge in [-0.25, -0.2) is 0 Å². The lowest BCUT2D eigenvalue weighted by atomic mass is 10.0. The lowest BCUT2D eigenvalue weighted by molar-refractivity contribution is 0.214. The first-order valence-corrected chi connectivity index (χ1v) is 7.55. The highest BCUT2D eigenvalue weighted by Crippen LogP contribution is 2.59. The summed E-state index contributed by atoms with van der Waals surface area (Å²) >= 11 is 0. The Kier molecular flexibility index (Phi) is 2.97. The predicted octanol–water partition coefficient (Wildman–Crippen LogP) is 3.55. The van der Waals surface area contributed by atoms with Crippen molar-refractivity contribution in [3.8, 4) is 0 Å². The van der Waals surface area contributed by atoms with Crippen molar-refractivity contribution in [2.75, 3.05) is 12.7 Å². The van der Waals surface area contributed by atoms with Crippen molar-refractivity contribution in [3.63, 3.8) is 0 Å². The molecule has 1 aromatic rings. The van der Waals surface area contributed by atoms with Crippen LogP contribution in [-0.4, -0.2) is 23.4 Å². The van der Waals surface area contributed by atoms with Crippen molar-refractivity contribution >= 4 is 8.30 Å². The molecule has 3 rings (SSSR count). The van der Waals surface area contributed by atoms with Gasteiger partial charge in [-0.15, -0.1) is 0 Å². The number of rotatable bonds is 2. The van der Waals surface area contributed by atoms with E-state index in [0.29, 0.717) is 12.1 Å². The first kappa shape index (κ1) is 10.7. The maximum absolute atomic E-state index is 6.25. The minimum atomic E-state index is -0.313. The molecule has 2 heterocycles.